The zero-order chi connectivity index (χ0) is 15.5. The molecular formula is C16H23F3N2. The average molecular weight is 300 g/mol. The molecule has 0 radical (unpaired) electrons. The standard InChI is InChI=1S/C16H23F3N2/c1-2-12-6-9-21(10-7-12)14-4-3-13(5-8-20)15(11-14)16(17,18)19/h3-4,11-12H,2,5-10,20H2,1H3. The molecule has 0 saturated carbocycles. The summed E-state index contributed by atoms with van der Waals surface area (Å²) >= 11 is 0. The fourth-order valence-electron chi connectivity index (χ4n) is 3.00. The normalized spacial score (nSPS) is 17.3. The van der Waals surface area contributed by atoms with Crippen molar-refractivity contribution < 1.29 is 13.2 Å². The monoisotopic (exact) mass is 300 g/mol. The van der Waals surface area contributed by atoms with Crippen molar-refractivity contribution in [2.45, 2.75) is 38.8 Å². The molecule has 0 spiro atoms. The Morgan fingerprint density at radius 3 is 2.43 bits per heavy atom. The summed E-state index contributed by atoms with van der Waals surface area (Å²) in [5, 5.41) is 0. The number of benzene rings is 1. The highest BCUT2D eigenvalue weighted by atomic mass is 19.4. The summed E-state index contributed by atoms with van der Waals surface area (Å²) in [6.45, 7) is 4.08. The van der Waals surface area contributed by atoms with Gasteiger partial charge in [0.05, 0.1) is 5.56 Å². The molecule has 5 heteroatoms. The maximum absolute atomic E-state index is 13.2. The third-order valence-corrected chi connectivity index (χ3v) is 4.37. The van der Waals surface area contributed by atoms with E-state index >= 15 is 0 Å². The first-order chi connectivity index (χ1) is 9.95. The first-order valence-electron chi connectivity index (χ1n) is 7.60. The summed E-state index contributed by atoms with van der Waals surface area (Å²) in [6, 6.07) is 4.67. The van der Waals surface area contributed by atoms with Gasteiger partial charge in [-0.15, -0.1) is 0 Å². The average Bonchev–Trinajstić information content (AvgIpc) is 2.47. The van der Waals surface area contributed by atoms with Gasteiger partial charge in [-0.3, -0.25) is 0 Å². The minimum atomic E-state index is -4.32. The van der Waals surface area contributed by atoms with Gasteiger partial charge in [-0.1, -0.05) is 19.4 Å². The van der Waals surface area contributed by atoms with Crippen LogP contribution in [0.5, 0.6) is 0 Å². The minimum Gasteiger partial charge on any atom is -0.372 e. The van der Waals surface area contributed by atoms with Crippen LogP contribution in [-0.2, 0) is 12.6 Å². The Labute approximate surface area is 124 Å². The van der Waals surface area contributed by atoms with Crippen LogP contribution >= 0.6 is 0 Å². The summed E-state index contributed by atoms with van der Waals surface area (Å²) in [4.78, 5) is 2.06. The number of hydrogen-bond donors (Lipinski definition) is 1. The number of hydrogen-bond acceptors (Lipinski definition) is 2. The number of piperidine rings is 1. The van der Waals surface area contributed by atoms with E-state index in [4.69, 9.17) is 5.73 Å². The van der Waals surface area contributed by atoms with Crippen LogP contribution in [0.3, 0.4) is 0 Å². The Bertz CT molecular complexity index is 463. The molecule has 118 valence electrons. The Kier molecular flexibility index (Phi) is 5.14. The number of nitrogens with zero attached hydrogens (tertiary/aromatic N) is 1. The van der Waals surface area contributed by atoms with Crippen molar-refractivity contribution in [3.8, 4) is 0 Å². The summed E-state index contributed by atoms with van der Waals surface area (Å²) in [7, 11) is 0. The van der Waals surface area contributed by atoms with Crippen molar-refractivity contribution in [1.29, 1.82) is 0 Å². The molecule has 2 nitrogen and oxygen atoms in total. The van der Waals surface area contributed by atoms with E-state index in [2.05, 4.69) is 11.8 Å². The highest BCUT2D eigenvalue weighted by Crippen LogP contribution is 2.35. The van der Waals surface area contributed by atoms with Crippen LogP contribution in [0.2, 0.25) is 0 Å². The number of alkyl halides is 3. The second kappa shape index (κ2) is 6.69. The maximum atomic E-state index is 13.2. The number of halogens is 3. The van der Waals surface area contributed by atoms with Crippen molar-refractivity contribution in [2.24, 2.45) is 11.7 Å². The zero-order valence-corrected chi connectivity index (χ0v) is 12.4. The van der Waals surface area contributed by atoms with Gasteiger partial charge in [0.15, 0.2) is 0 Å². The van der Waals surface area contributed by atoms with Crippen LogP contribution in [0.25, 0.3) is 0 Å². The Balaban J connectivity index is 2.22. The second-order valence-electron chi connectivity index (χ2n) is 5.72. The quantitative estimate of drug-likeness (QED) is 0.915. The lowest BCUT2D eigenvalue weighted by atomic mass is 9.93. The summed E-state index contributed by atoms with van der Waals surface area (Å²) in [5.41, 5.74) is 5.83. The van der Waals surface area contributed by atoms with E-state index in [1.807, 2.05) is 0 Å². The molecule has 0 bridgehead atoms. The molecule has 1 aliphatic rings. The molecule has 1 saturated heterocycles. The lowest BCUT2D eigenvalue weighted by molar-refractivity contribution is -0.138. The first-order valence-corrected chi connectivity index (χ1v) is 7.60. The molecule has 1 heterocycles. The molecular weight excluding hydrogens is 277 g/mol. The van der Waals surface area contributed by atoms with Gasteiger partial charge in [-0.25, -0.2) is 0 Å². The van der Waals surface area contributed by atoms with Gasteiger partial charge in [0.25, 0.3) is 0 Å². The molecule has 0 unspecified atom stereocenters. The summed E-state index contributed by atoms with van der Waals surface area (Å²) < 4.78 is 39.5. The molecule has 0 aliphatic carbocycles. The fourth-order valence-corrected chi connectivity index (χ4v) is 3.00. The second-order valence-corrected chi connectivity index (χ2v) is 5.72. The van der Waals surface area contributed by atoms with Gasteiger partial charge in [-0.2, -0.15) is 13.2 Å². The van der Waals surface area contributed by atoms with Gasteiger partial charge >= 0.3 is 6.18 Å². The Morgan fingerprint density at radius 2 is 1.90 bits per heavy atom. The largest absolute Gasteiger partial charge is 0.416 e. The van der Waals surface area contributed by atoms with Crippen LogP contribution in [0, 0.1) is 5.92 Å². The van der Waals surface area contributed by atoms with Crippen molar-refractivity contribution in [3.63, 3.8) is 0 Å². The van der Waals surface area contributed by atoms with Gasteiger partial charge < -0.3 is 10.6 Å². The molecule has 1 aromatic carbocycles. The van der Waals surface area contributed by atoms with Gasteiger partial charge in [0.1, 0.15) is 0 Å². The van der Waals surface area contributed by atoms with E-state index < -0.39 is 11.7 Å². The van der Waals surface area contributed by atoms with Crippen LogP contribution in [0.4, 0.5) is 18.9 Å². The Morgan fingerprint density at radius 1 is 1.24 bits per heavy atom. The smallest absolute Gasteiger partial charge is 0.372 e. The number of rotatable bonds is 4. The minimum absolute atomic E-state index is 0.227. The van der Waals surface area contributed by atoms with E-state index in [0.29, 0.717) is 11.6 Å². The van der Waals surface area contributed by atoms with Crippen LogP contribution in [-0.4, -0.2) is 19.6 Å². The maximum Gasteiger partial charge on any atom is 0.416 e. The summed E-state index contributed by atoms with van der Waals surface area (Å²) in [6.07, 6.45) is -0.794. The van der Waals surface area contributed by atoms with Gasteiger partial charge in [0, 0.05) is 18.8 Å². The summed E-state index contributed by atoms with van der Waals surface area (Å²) in [5.74, 6) is 0.708. The van der Waals surface area contributed by atoms with E-state index in [9.17, 15) is 13.2 Å². The van der Waals surface area contributed by atoms with E-state index in [-0.39, 0.29) is 18.5 Å². The van der Waals surface area contributed by atoms with Crippen molar-refractivity contribution in [2.75, 3.05) is 24.5 Å². The van der Waals surface area contributed by atoms with Crippen molar-refractivity contribution in [1.82, 2.24) is 0 Å². The number of anilines is 1. The molecule has 0 atom stereocenters. The third kappa shape index (κ3) is 3.90. The lowest BCUT2D eigenvalue weighted by Gasteiger charge is -2.33. The molecule has 1 aromatic rings. The fraction of sp³-hybridized carbons (Fsp3) is 0.625. The molecule has 21 heavy (non-hydrogen) atoms. The predicted molar refractivity (Wildman–Crippen MR) is 79.4 cm³/mol. The highest BCUT2D eigenvalue weighted by Gasteiger charge is 2.34. The van der Waals surface area contributed by atoms with E-state index in [1.54, 1.807) is 12.1 Å². The van der Waals surface area contributed by atoms with E-state index in [0.717, 1.165) is 32.4 Å². The zero-order valence-electron chi connectivity index (χ0n) is 12.4. The van der Waals surface area contributed by atoms with Crippen molar-refractivity contribution >= 4 is 5.69 Å². The third-order valence-electron chi connectivity index (χ3n) is 4.37. The van der Waals surface area contributed by atoms with Gasteiger partial charge in [-0.05, 0) is 49.4 Å². The van der Waals surface area contributed by atoms with Crippen molar-refractivity contribution in [3.05, 3.63) is 29.3 Å². The lowest BCUT2D eigenvalue weighted by Crippen LogP contribution is -2.33. The topological polar surface area (TPSA) is 29.3 Å². The molecule has 1 fully saturated rings. The number of nitrogens with two attached hydrogens (primary N) is 1. The first kappa shape index (κ1) is 16.1. The van der Waals surface area contributed by atoms with Crippen LogP contribution in [0.1, 0.15) is 37.3 Å². The molecule has 0 amide bonds. The predicted octanol–water partition coefficient (Wildman–Crippen LogP) is 3.83. The molecule has 0 aromatic heterocycles. The Hall–Kier alpha value is -1.23. The van der Waals surface area contributed by atoms with Crippen LogP contribution < -0.4 is 10.6 Å². The van der Waals surface area contributed by atoms with Crippen LogP contribution in [0.15, 0.2) is 18.2 Å². The van der Waals surface area contributed by atoms with E-state index in [1.165, 1.54) is 6.07 Å². The molecule has 1 aliphatic heterocycles. The molecule has 2 rings (SSSR count). The highest BCUT2D eigenvalue weighted by molar-refractivity contribution is 5.52. The molecule has 2 N–H and O–H groups in total. The SMILES string of the molecule is CCC1CCN(c2ccc(CCN)c(C(F)(F)F)c2)CC1. The van der Waals surface area contributed by atoms with Gasteiger partial charge in [0.2, 0.25) is 0 Å².